The molecule has 142 valence electrons. The van der Waals surface area contributed by atoms with E-state index in [-0.39, 0.29) is 23.6 Å². The number of hydrogen-bond donors (Lipinski definition) is 1. The molecule has 3 unspecified atom stereocenters. The third-order valence-corrected chi connectivity index (χ3v) is 5.85. The van der Waals surface area contributed by atoms with Gasteiger partial charge in [-0.05, 0) is 75.0 Å². The number of ether oxygens (including phenoxy) is 1. The van der Waals surface area contributed by atoms with Crippen molar-refractivity contribution >= 4 is 11.8 Å². The van der Waals surface area contributed by atoms with Crippen LogP contribution in [0.3, 0.4) is 0 Å². The third-order valence-electron chi connectivity index (χ3n) is 5.85. The Morgan fingerprint density at radius 1 is 1.08 bits per heavy atom. The molecule has 0 aromatic carbocycles. The van der Waals surface area contributed by atoms with Gasteiger partial charge in [-0.2, -0.15) is 0 Å². The lowest BCUT2D eigenvalue weighted by atomic mass is 9.78. The summed E-state index contributed by atoms with van der Waals surface area (Å²) in [6.07, 6.45) is 13.8. The van der Waals surface area contributed by atoms with Gasteiger partial charge in [0.15, 0.2) is 5.78 Å². The molecule has 3 rings (SSSR count). The van der Waals surface area contributed by atoms with Crippen LogP contribution in [0.2, 0.25) is 0 Å². The van der Waals surface area contributed by atoms with E-state index in [1.54, 1.807) is 6.92 Å². The van der Waals surface area contributed by atoms with Crippen molar-refractivity contribution in [2.45, 2.75) is 70.8 Å². The number of hydrogen-bond acceptors (Lipinski definition) is 4. The van der Waals surface area contributed by atoms with Gasteiger partial charge >= 0.3 is 5.97 Å². The van der Waals surface area contributed by atoms with Crippen molar-refractivity contribution in [3.05, 3.63) is 34.9 Å². The van der Waals surface area contributed by atoms with Crippen molar-refractivity contribution in [1.82, 2.24) is 0 Å². The van der Waals surface area contributed by atoms with Gasteiger partial charge in [0.25, 0.3) is 0 Å². The van der Waals surface area contributed by atoms with E-state index in [0.29, 0.717) is 37.9 Å². The molecule has 0 fully saturated rings. The predicted molar refractivity (Wildman–Crippen MR) is 100 cm³/mol. The van der Waals surface area contributed by atoms with Crippen LogP contribution in [0, 0.1) is 11.8 Å². The Kier molecular flexibility index (Phi) is 6.47. The summed E-state index contributed by atoms with van der Waals surface area (Å²) in [6, 6.07) is 0. The number of Topliss-reactive ketones (excluding diaryl/α,β-unsaturated/α-hetero) is 1. The van der Waals surface area contributed by atoms with Crippen LogP contribution in [0.25, 0.3) is 0 Å². The van der Waals surface area contributed by atoms with E-state index < -0.39 is 6.10 Å². The first-order valence-corrected chi connectivity index (χ1v) is 10.1. The molecule has 3 atom stereocenters. The predicted octanol–water partition coefficient (Wildman–Crippen LogP) is 4.04. The Labute approximate surface area is 156 Å². The van der Waals surface area contributed by atoms with E-state index in [0.717, 1.165) is 12.8 Å². The Morgan fingerprint density at radius 2 is 1.92 bits per heavy atom. The molecule has 26 heavy (non-hydrogen) atoms. The van der Waals surface area contributed by atoms with Crippen molar-refractivity contribution in [1.29, 1.82) is 0 Å². The van der Waals surface area contributed by atoms with Gasteiger partial charge < -0.3 is 9.84 Å². The highest BCUT2D eigenvalue weighted by atomic mass is 16.5. The quantitative estimate of drug-likeness (QED) is 0.753. The third kappa shape index (κ3) is 4.35. The lowest BCUT2D eigenvalue weighted by Crippen LogP contribution is -2.32. The van der Waals surface area contributed by atoms with Gasteiger partial charge in [0.05, 0.1) is 24.5 Å². The maximum Gasteiger partial charge on any atom is 0.309 e. The molecule has 0 heterocycles. The first kappa shape index (κ1) is 19.1. The van der Waals surface area contributed by atoms with Crippen LogP contribution in [-0.2, 0) is 14.3 Å². The number of allylic oxidation sites excluding steroid dienone is 5. The van der Waals surface area contributed by atoms with E-state index in [1.165, 1.54) is 30.4 Å². The zero-order valence-corrected chi connectivity index (χ0v) is 15.7. The average molecular weight is 358 g/mol. The minimum absolute atomic E-state index is 0.0177. The molecule has 3 aliphatic rings. The van der Waals surface area contributed by atoms with Crippen molar-refractivity contribution < 1.29 is 19.4 Å². The summed E-state index contributed by atoms with van der Waals surface area (Å²) in [5, 5.41) is 10.4. The highest BCUT2D eigenvalue weighted by Gasteiger charge is 2.36. The number of esters is 1. The molecule has 0 aliphatic heterocycles. The number of ketones is 1. The van der Waals surface area contributed by atoms with E-state index >= 15 is 0 Å². The molecule has 1 N–H and O–H groups in total. The maximum atomic E-state index is 13.0. The summed E-state index contributed by atoms with van der Waals surface area (Å²) in [4.78, 5) is 24.9. The van der Waals surface area contributed by atoms with Crippen LogP contribution in [0.5, 0.6) is 0 Å². The highest BCUT2D eigenvalue weighted by molar-refractivity contribution is 5.99. The first-order chi connectivity index (χ1) is 12.6. The van der Waals surface area contributed by atoms with Gasteiger partial charge in [-0.3, -0.25) is 9.59 Å². The fourth-order valence-electron chi connectivity index (χ4n) is 4.32. The van der Waals surface area contributed by atoms with E-state index in [4.69, 9.17) is 4.74 Å². The second kappa shape index (κ2) is 8.81. The zero-order chi connectivity index (χ0) is 18.5. The van der Waals surface area contributed by atoms with Gasteiger partial charge in [-0.1, -0.05) is 24.6 Å². The molecule has 4 heteroatoms. The molecule has 0 radical (unpaired) electrons. The largest absolute Gasteiger partial charge is 0.466 e. The molecule has 0 aromatic rings. The molecular weight excluding hydrogens is 328 g/mol. The molecule has 0 saturated heterocycles. The van der Waals surface area contributed by atoms with Crippen molar-refractivity contribution in [3.8, 4) is 0 Å². The van der Waals surface area contributed by atoms with Crippen LogP contribution >= 0.6 is 0 Å². The number of aliphatic hydroxyl groups excluding tert-OH is 1. The fourth-order valence-corrected chi connectivity index (χ4v) is 4.32. The van der Waals surface area contributed by atoms with Crippen LogP contribution in [0.15, 0.2) is 34.9 Å². The monoisotopic (exact) mass is 358 g/mol. The highest BCUT2D eigenvalue weighted by Crippen LogP contribution is 2.37. The second-order valence-electron chi connectivity index (χ2n) is 7.65. The first-order valence-electron chi connectivity index (χ1n) is 10.1. The number of carbonyl (C=O) groups excluding carboxylic acids is 2. The van der Waals surface area contributed by atoms with Crippen molar-refractivity contribution in [2.24, 2.45) is 11.8 Å². The van der Waals surface area contributed by atoms with E-state index in [2.05, 4.69) is 12.2 Å². The lowest BCUT2D eigenvalue weighted by Gasteiger charge is -2.28. The summed E-state index contributed by atoms with van der Waals surface area (Å²) in [6.45, 7) is 2.16. The Balaban J connectivity index is 1.65. The summed E-state index contributed by atoms with van der Waals surface area (Å²) >= 11 is 0. The van der Waals surface area contributed by atoms with E-state index in [1.807, 2.05) is 6.08 Å². The average Bonchev–Trinajstić information content (AvgIpc) is 2.98. The Morgan fingerprint density at radius 3 is 2.73 bits per heavy atom. The van der Waals surface area contributed by atoms with Gasteiger partial charge in [-0.25, -0.2) is 0 Å². The van der Waals surface area contributed by atoms with E-state index in [9.17, 15) is 14.7 Å². The van der Waals surface area contributed by atoms with Crippen LogP contribution in [-0.4, -0.2) is 29.6 Å². The Bertz CT molecular complexity index is 641. The number of aliphatic hydroxyl groups is 1. The molecule has 0 bridgehead atoms. The summed E-state index contributed by atoms with van der Waals surface area (Å²) < 4.78 is 5.08. The fraction of sp³-hybridized carbons (Fsp3) is 0.636. The van der Waals surface area contributed by atoms with Gasteiger partial charge in [0.1, 0.15) is 0 Å². The second-order valence-corrected chi connectivity index (χ2v) is 7.65. The molecule has 3 aliphatic carbocycles. The summed E-state index contributed by atoms with van der Waals surface area (Å²) in [5.41, 5.74) is 3.32. The van der Waals surface area contributed by atoms with Gasteiger partial charge in [-0.15, -0.1) is 0 Å². The standard InChI is InChI=1S/C22H30O4/c1-2-26-22(25)18-10-9-17(13-18)21(24)19-14-16(11-12-20(19)23)15-7-5-3-4-6-8-15/h7,9,11,18-20,23H,2-6,8,10,12-14H2,1H3. The normalized spacial score (nSPS) is 29.3. The molecule has 4 nitrogen and oxygen atoms in total. The number of carbonyl (C=O) groups is 2. The lowest BCUT2D eigenvalue weighted by molar-refractivity contribution is -0.147. The topological polar surface area (TPSA) is 63.6 Å². The minimum Gasteiger partial charge on any atom is -0.466 e. The minimum atomic E-state index is -0.625. The maximum absolute atomic E-state index is 13.0. The molecular formula is C22H30O4. The molecule has 0 saturated carbocycles. The summed E-state index contributed by atoms with van der Waals surface area (Å²) in [5.74, 6) is -0.829. The smallest absolute Gasteiger partial charge is 0.309 e. The van der Waals surface area contributed by atoms with Gasteiger partial charge in [0.2, 0.25) is 0 Å². The zero-order valence-electron chi connectivity index (χ0n) is 15.7. The number of rotatable bonds is 5. The van der Waals surface area contributed by atoms with Gasteiger partial charge in [0, 0.05) is 0 Å². The van der Waals surface area contributed by atoms with Crippen molar-refractivity contribution in [3.63, 3.8) is 0 Å². The molecule has 0 aromatic heterocycles. The Hall–Kier alpha value is -1.68. The van der Waals surface area contributed by atoms with Crippen LogP contribution in [0.1, 0.15) is 64.7 Å². The molecule has 0 spiro atoms. The SMILES string of the molecule is CCOC(=O)C1CC=C(C(=O)C2CC(C3=CCCCCC3)=CCC2O)C1. The van der Waals surface area contributed by atoms with Crippen LogP contribution in [0.4, 0.5) is 0 Å². The van der Waals surface area contributed by atoms with Crippen molar-refractivity contribution in [2.75, 3.05) is 6.61 Å². The molecule has 0 amide bonds. The summed E-state index contributed by atoms with van der Waals surface area (Å²) in [7, 11) is 0. The van der Waals surface area contributed by atoms with Crippen LogP contribution < -0.4 is 0 Å².